The lowest BCUT2D eigenvalue weighted by atomic mass is 10.3. The Kier molecular flexibility index (Phi) is 1.97. The molecule has 0 aliphatic rings. The summed E-state index contributed by atoms with van der Waals surface area (Å²) in [5.74, 6) is 0.466. The number of imidazole rings is 1. The average Bonchev–Trinajstić information content (AvgIpc) is 2.76. The standard InChI is InChI=1S/C13H7ClN4O/c14-10-6-5-7-11(16-10)18-9-4-2-1-3-8(9)15-13(18)17-12(7)19/h1-6H,(H,15,17,19). The van der Waals surface area contributed by atoms with Crippen molar-refractivity contribution in [3.63, 3.8) is 0 Å². The largest absolute Gasteiger partial charge is 0.291 e. The number of benzene rings is 1. The van der Waals surface area contributed by atoms with Gasteiger partial charge < -0.3 is 0 Å². The predicted molar refractivity (Wildman–Crippen MR) is 73.6 cm³/mol. The molecule has 3 heterocycles. The minimum atomic E-state index is -0.220. The van der Waals surface area contributed by atoms with Gasteiger partial charge in [-0.2, -0.15) is 0 Å². The molecule has 0 bridgehead atoms. The highest BCUT2D eigenvalue weighted by molar-refractivity contribution is 6.29. The molecular weight excluding hydrogens is 264 g/mol. The zero-order valence-corrected chi connectivity index (χ0v) is 10.3. The maximum absolute atomic E-state index is 12.0. The first-order valence-electron chi connectivity index (χ1n) is 5.70. The summed E-state index contributed by atoms with van der Waals surface area (Å²) in [5.41, 5.74) is 1.97. The topological polar surface area (TPSA) is 63.0 Å². The zero-order chi connectivity index (χ0) is 13.0. The van der Waals surface area contributed by atoms with Gasteiger partial charge in [0.05, 0.1) is 16.4 Å². The van der Waals surface area contributed by atoms with Crippen LogP contribution in [0.1, 0.15) is 0 Å². The van der Waals surface area contributed by atoms with Crippen molar-refractivity contribution in [3.05, 3.63) is 51.9 Å². The van der Waals surface area contributed by atoms with Crippen LogP contribution in [-0.2, 0) is 0 Å². The Morgan fingerprint density at radius 1 is 1.11 bits per heavy atom. The van der Waals surface area contributed by atoms with E-state index in [1.165, 1.54) is 0 Å². The van der Waals surface area contributed by atoms with Gasteiger partial charge in [-0.15, -0.1) is 0 Å². The highest BCUT2D eigenvalue weighted by Gasteiger charge is 2.11. The van der Waals surface area contributed by atoms with Crippen LogP contribution >= 0.6 is 11.6 Å². The second-order valence-corrected chi connectivity index (χ2v) is 4.61. The molecule has 0 spiro atoms. The Labute approximate surface area is 111 Å². The molecule has 0 aliphatic heterocycles. The monoisotopic (exact) mass is 270 g/mol. The molecular formula is C13H7ClN4O. The second-order valence-electron chi connectivity index (χ2n) is 4.22. The quantitative estimate of drug-likeness (QED) is 0.499. The molecule has 0 fully saturated rings. The molecule has 0 atom stereocenters. The van der Waals surface area contributed by atoms with E-state index in [0.29, 0.717) is 22.0 Å². The van der Waals surface area contributed by atoms with E-state index >= 15 is 0 Å². The van der Waals surface area contributed by atoms with Crippen molar-refractivity contribution in [2.75, 3.05) is 0 Å². The van der Waals surface area contributed by atoms with E-state index in [2.05, 4.69) is 15.0 Å². The van der Waals surface area contributed by atoms with Gasteiger partial charge in [0, 0.05) is 0 Å². The van der Waals surface area contributed by atoms with Crippen LogP contribution in [0.3, 0.4) is 0 Å². The van der Waals surface area contributed by atoms with Crippen molar-refractivity contribution in [2.24, 2.45) is 0 Å². The number of rotatable bonds is 0. The van der Waals surface area contributed by atoms with Gasteiger partial charge in [0.1, 0.15) is 5.15 Å². The molecule has 0 saturated carbocycles. The van der Waals surface area contributed by atoms with Gasteiger partial charge in [-0.3, -0.25) is 14.2 Å². The van der Waals surface area contributed by atoms with Gasteiger partial charge in [-0.25, -0.2) is 9.97 Å². The number of hydrogen-bond donors (Lipinski definition) is 1. The molecule has 19 heavy (non-hydrogen) atoms. The van der Waals surface area contributed by atoms with Gasteiger partial charge in [-0.05, 0) is 24.3 Å². The summed E-state index contributed by atoms with van der Waals surface area (Å²) in [5, 5.41) is 0.831. The summed E-state index contributed by atoms with van der Waals surface area (Å²) in [4.78, 5) is 23.4. The molecule has 0 aliphatic carbocycles. The Morgan fingerprint density at radius 2 is 1.95 bits per heavy atom. The fourth-order valence-electron chi connectivity index (χ4n) is 2.27. The number of aromatic nitrogens is 4. The normalized spacial score (nSPS) is 11.6. The third kappa shape index (κ3) is 1.39. The summed E-state index contributed by atoms with van der Waals surface area (Å²) < 4.78 is 1.80. The molecule has 1 N–H and O–H groups in total. The molecule has 0 amide bonds. The van der Waals surface area contributed by atoms with Crippen LogP contribution in [0.2, 0.25) is 5.15 Å². The van der Waals surface area contributed by atoms with Crippen molar-refractivity contribution in [2.45, 2.75) is 0 Å². The lowest BCUT2D eigenvalue weighted by molar-refractivity contribution is 1.12. The Balaban J connectivity index is 2.41. The fraction of sp³-hybridized carbons (Fsp3) is 0. The summed E-state index contributed by atoms with van der Waals surface area (Å²) in [6, 6.07) is 10.9. The minimum absolute atomic E-state index is 0.220. The molecule has 92 valence electrons. The zero-order valence-electron chi connectivity index (χ0n) is 9.59. The summed E-state index contributed by atoms with van der Waals surface area (Å²) in [6.07, 6.45) is 0. The lowest BCUT2D eigenvalue weighted by Gasteiger charge is -2.01. The summed E-state index contributed by atoms with van der Waals surface area (Å²) >= 11 is 5.93. The highest BCUT2D eigenvalue weighted by Crippen LogP contribution is 2.19. The van der Waals surface area contributed by atoms with Gasteiger partial charge in [0.2, 0.25) is 5.78 Å². The molecule has 3 aromatic heterocycles. The fourth-order valence-corrected chi connectivity index (χ4v) is 2.41. The molecule has 0 radical (unpaired) electrons. The van der Waals surface area contributed by atoms with E-state index < -0.39 is 0 Å². The molecule has 6 heteroatoms. The van der Waals surface area contributed by atoms with Gasteiger partial charge >= 0.3 is 0 Å². The Morgan fingerprint density at radius 3 is 2.84 bits per heavy atom. The van der Waals surface area contributed by atoms with Crippen LogP contribution < -0.4 is 5.56 Å². The van der Waals surface area contributed by atoms with Gasteiger partial charge in [0.15, 0.2) is 5.65 Å². The molecule has 5 nitrogen and oxygen atoms in total. The third-order valence-electron chi connectivity index (χ3n) is 3.08. The van der Waals surface area contributed by atoms with Gasteiger partial charge in [0.25, 0.3) is 5.56 Å². The summed E-state index contributed by atoms with van der Waals surface area (Å²) in [6.45, 7) is 0. The van der Waals surface area contributed by atoms with E-state index in [-0.39, 0.29) is 5.56 Å². The van der Waals surface area contributed by atoms with Gasteiger partial charge in [-0.1, -0.05) is 23.7 Å². The van der Waals surface area contributed by atoms with Crippen molar-refractivity contribution in [1.82, 2.24) is 19.4 Å². The van der Waals surface area contributed by atoms with E-state index in [4.69, 9.17) is 11.6 Å². The average molecular weight is 271 g/mol. The second kappa shape index (κ2) is 3.55. The Bertz CT molecular complexity index is 1000. The van der Waals surface area contributed by atoms with Crippen LogP contribution in [-0.4, -0.2) is 19.4 Å². The smallest absolute Gasteiger partial charge is 0.261 e. The third-order valence-corrected chi connectivity index (χ3v) is 3.29. The van der Waals surface area contributed by atoms with Crippen LogP contribution in [0.25, 0.3) is 27.8 Å². The van der Waals surface area contributed by atoms with Crippen molar-refractivity contribution >= 4 is 39.4 Å². The number of nitrogens with one attached hydrogen (secondary N) is 1. The first-order chi connectivity index (χ1) is 9.24. The minimum Gasteiger partial charge on any atom is -0.291 e. The number of H-pyrrole nitrogens is 1. The van der Waals surface area contributed by atoms with E-state index in [0.717, 1.165) is 11.0 Å². The number of halogens is 1. The number of fused-ring (bicyclic) bond motifs is 5. The predicted octanol–water partition coefficient (Wildman–Crippen LogP) is 2.38. The number of aromatic amines is 1. The Hall–Kier alpha value is -2.40. The van der Waals surface area contributed by atoms with Crippen molar-refractivity contribution < 1.29 is 0 Å². The number of hydrogen-bond acceptors (Lipinski definition) is 3. The molecule has 4 aromatic rings. The number of para-hydroxylation sites is 2. The first kappa shape index (κ1) is 10.5. The lowest BCUT2D eigenvalue weighted by Crippen LogP contribution is -2.10. The maximum atomic E-state index is 12.0. The molecule has 0 unspecified atom stereocenters. The van der Waals surface area contributed by atoms with E-state index in [1.807, 2.05) is 24.3 Å². The molecule has 0 saturated heterocycles. The number of pyridine rings is 1. The SMILES string of the molecule is O=c1[nH]c2nc3ccccc3n2c2nc(Cl)ccc12. The van der Waals surface area contributed by atoms with E-state index in [1.54, 1.807) is 16.5 Å². The highest BCUT2D eigenvalue weighted by atomic mass is 35.5. The molecule has 4 rings (SSSR count). The van der Waals surface area contributed by atoms with E-state index in [9.17, 15) is 4.79 Å². The van der Waals surface area contributed by atoms with Crippen molar-refractivity contribution in [1.29, 1.82) is 0 Å². The van der Waals surface area contributed by atoms with Crippen LogP contribution in [0, 0.1) is 0 Å². The van der Waals surface area contributed by atoms with Crippen LogP contribution in [0.4, 0.5) is 0 Å². The summed E-state index contributed by atoms with van der Waals surface area (Å²) in [7, 11) is 0. The van der Waals surface area contributed by atoms with Crippen LogP contribution in [0.5, 0.6) is 0 Å². The number of nitrogens with zero attached hydrogens (tertiary/aromatic N) is 3. The maximum Gasteiger partial charge on any atom is 0.261 e. The van der Waals surface area contributed by atoms with Crippen LogP contribution in [0.15, 0.2) is 41.2 Å². The first-order valence-corrected chi connectivity index (χ1v) is 6.07. The van der Waals surface area contributed by atoms with Crippen molar-refractivity contribution in [3.8, 4) is 0 Å². The molecule has 1 aromatic carbocycles.